The van der Waals surface area contributed by atoms with E-state index >= 15 is 0 Å². The van der Waals surface area contributed by atoms with Gasteiger partial charge in [0.2, 0.25) is 0 Å². The molecule has 0 aromatic heterocycles. The lowest BCUT2D eigenvalue weighted by molar-refractivity contribution is 0.142. The maximum atomic E-state index is 4.58. The number of hydrogen-bond acceptors (Lipinski definition) is 2. The number of thiol groups is 1. The molecule has 104 valence electrons. The molecule has 0 amide bonds. The van der Waals surface area contributed by atoms with Gasteiger partial charge in [-0.25, -0.2) is 0 Å². The van der Waals surface area contributed by atoms with Crippen LogP contribution in [-0.4, -0.2) is 30.3 Å². The summed E-state index contributed by atoms with van der Waals surface area (Å²) in [6.07, 6.45) is 5.09. The SMILES string of the molecule is CCC(CC)CN(CC)CC(CC)(CC)CS. The van der Waals surface area contributed by atoms with Crippen LogP contribution in [0, 0.1) is 11.3 Å². The van der Waals surface area contributed by atoms with Crippen LogP contribution in [0.3, 0.4) is 0 Å². The molecule has 0 fully saturated rings. The van der Waals surface area contributed by atoms with E-state index in [9.17, 15) is 0 Å². The maximum absolute atomic E-state index is 4.58. The van der Waals surface area contributed by atoms with Gasteiger partial charge in [-0.1, -0.05) is 47.5 Å². The van der Waals surface area contributed by atoms with Crippen LogP contribution in [0.4, 0.5) is 0 Å². The van der Waals surface area contributed by atoms with Crippen LogP contribution in [0.5, 0.6) is 0 Å². The fraction of sp³-hybridized carbons (Fsp3) is 1.00. The fourth-order valence-corrected chi connectivity index (χ4v) is 2.99. The highest BCUT2D eigenvalue weighted by Crippen LogP contribution is 2.29. The van der Waals surface area contributed by atoms with E-state index in [1.165, 1.54) is 45.3 Å². The molecule has 0 bridgehead atoms. The van der Waals surface area contributed by atoms with Crippen molar-refractivity contribution >= 4 is 12.6 Å². The zero-order chi connectivity index (χ0) is 13.3. The molecule has 0 aliphatic heterocycles. The van der Waals surface area contributed by atoms with Crippen LogP contribution in [-0.2, 0) is 0 Å². The molecule has 17 heavy (non-hydrogen) atoms. The second-order valence-electron chi connectivity index (χ2n) is 5.38. The topological polar surface area (TPSA) is 3.24 Å². The minimum Gasteiger partial charge on any atom is -0.303 e. The molecule has 0 saturated carbocycles. The summed E-state index contributed by atoms with van der Waals surface area (Å²) < 4.78 is 0. The van der Waals surface area contributed by atoms with Gasteiger partial charge in [0.05, 0.1) is 0 Å². The van der Waals surface area contributed by atoms with Gasteiger partial charge in [0.25, 0.3) is 0 Å². The quantitative estimate of drug-likeness (QED) is 0.566. The molecule has 0 atom stereocenters. The zero-order valence-corrected chi connectivity index (χ0v) is 13.5. The van der Waals surface area contributed by atoms with Gasteiger partial charge in [0.1, 0.15) is 0 Å². The summed E-state index contributed by atoms with van der Waals surface area (Å²) in [4.78, 5) is 2.64. The molecule has 0 heterocycles. The first-order valence-electron chi connectivity index (χ1n) is 7.44. The Hall–Kier alpha value is 0.310. The van der Waals surface area contributed by atoms with Gasteiger partial charge in [-0.2, -0.15) is 12.6 Å². The van der Waals surface area contributed by atoms with Crippen LogP contribution >= 0.6 is 12.6 Å². The van der Waals surface area contributed by atoms with Crippen molar-refractivity contribution < 1.29 is 0 Å². The van der Waals surface area contributed by atoms with Gasteiger partial charge in [-0.3, -0.25) is 0 Å². The second-order valence-corrected chi connectivity index (χ2v) is 5.69. The summed E-state index contributed by atoms with van der Waals surface area (Å²) in [6, 6.07) is 0. The molecule has 1 nitrogen and oxygen atoms in total. The third-order valence-corrected chi connectivity index (χ3v) is 5.18. The number of nitrogens with zero attached hydrogens (tertiary/aromatic N) is 1. The molecular formula is C15H33NS. The highest BCUT2D eigenvalue weighted by atomic mass is 32.1. The lowest BCUT2D eigenvalue weighted by atomic mass is 9.83. The summed E-state index contributed by atoms with van der Waals surface area (Å²) in [7, 11) is 0. The third-order valence-electron chi connectivity index (χ3n) is 4.51. The lowest BCUT2D eigenvalue weighted by Gasteiger charge is -2.37. The Bertz CT molecular complexity index is 165. The fourth-order valence-electron chi connectivity index (χ4n) is 2.44. The van der Waals surface area contributed by atoms with Crippen molar-refractivity contribution in [2.45, 2.75) is 60.3 Å². The van der Waals surface area contributed by atoms with Crippen molar-refractivity contribution in [3.8, 4) is 0 Å². The first kappa shape index (κ1) is 17.3. The van der Waals surface area contributed by atoms with Crippen LogP contribution in [0.2, 0.25) is 0 Å². The third kappa shape index (κ3) is 5.65. The molecule has 0 aliphatic carbocycles. The van der Waals surface area contributed by atoms with Crippen molar-refractivity contribution in [2.24, 2.45) is 11.3 Å². The highest BCUT2D eigenvalue weighted by Gasteiger charge is 2.27. The summed E-state index contributed by atoms with van der Waals surface area (Å²) in [5.74, 6) is 1.88. The minimum absolute atomic E-state index is 0.422. The van der Waals surface area contributed by atoms with Crippen molar-refractivity contribution in [1.82, 2.24) is 4.90 Å². The van der Waals surface area contributed by atoms with E-state index in [1.54, 1.807) is 0 Å². The van der Waals surface area contributed by atoms with Gasteiger partial charge in [0, 0.05) is 13.1 Å². The Morgan fingerprint density at radius 3 is 1.82 bits per heavy atom. The normalized spacial score (nSPS) is 12.7. The van der Waals surface area contributed by atoms with Gasteiger partial charge in [-0.15, -0.1) is 0 Å². The summed E-state index contributed by atoms with van der Waals surface area (Å²) in [6.45, 7) is 15.2. The van der Waals surface area contributed by atoms with E-state index in [2.05, 4.69) is 52.1 Å². The zero-order valence-electron chi connectivity index (χ0n) is 12.6. The van der Waals surface area contributed by atoms with E-state index < -0.39 is 0 Å². The van der Waals surface area contributed by atoms with Crippen molar-refractivity contribution in [2.75, 3.05) is 25.4 Å². The van der Waals surface area contributed by atoms with E-state index in [0.29, 0.717) is 5.41 Å². The largest absolute Gasteiger partial charge is 0.303 e. The Balaban J connectivity index is 4.45. The lowest BCUT2D eigenvalue weighted by Crippen LogP contribution is -2.40. The Morgan fingerprint density at radius 2 is 1.53 bits per heavy atom. The molecule has 0 N–H and O–H groups in total. The van der Waals surface area contributed by atoms with Gasteiger partial charge in [0.15, 0.2) is 0 Å². The standard InChI is InChI=1S/C15H33NS/c1-6-14(7-2)11-16(10-5)12-15(8-3,9-4)13-17/h14,17H,6-13H2,1-5H3. The van der Waals surface area contributed by atoms with E-state index in [0.717, 1.165) is 11.7 Å². The molecule has 0 aromatic carbocycles. The predicted octanol–water partition coefficient (Wildman–Crippen LogP) is 4.48. The van der Waals surface area contributed by atoms with Crippen LogP contribution < -0.4 is 0 Å². The summed E-state index contributed by atoms with van der Waals surface area (Å²) in [5, 5.41) is 0. The van der Waals surface area contributed by atoms with Gasteiger partial charge in [-0.05, 0) is 36.5 Å². The average molecular weight is 260 g/mol. The van der Waals surface area contributed by atoms with E-state index in [-0.39, 0.29) is 0 Å². The van der Waals surface area contributed by atoms with Crippen LogP contribution in [0.25, 0.3) is 0 Å². The number of rotatable bonds is 10. The first-order chi connectivity index (χ1) is 8.11. The Labute approximate surface area is 115 Å². The minimum atomic E-state index is 0.422. The van der Waals surface area contributed by atoms with Crippen LogP contribution in [0.15, 0.2) is 0 Å². The molecule has 0 radical (unpaired) electrons. The summed E-state index contributed by atoms with van der Waals surface area (Å²) >= 11 is 4.58. The van der Waals surface area contributed by atoms with Gasteiger partial charge >= 0.3 is 0 Å². The number of hydrogen-bond donors (Lipinski definition) is 1. The molecule has 0 aromatic rings. The molecule has 0 spiro atoms. The molecule has 0 aliphatic rings. The summed E-state index contributed by atoms with van der Waals surface area (Å²) in [5.41, 5.74) is 0.422. The van der Waals surface area contributed by atoms with Gasteiger partial charge < -0.3 is 4.90 Å². The molecule has 0 unspecified atom stereocenters. The molecule has 0 rings (SSSR count). The van der Waals surface area contributed by atoms with Crippen molar-refractivity contribution in [3.05, 3.63) is 0 Å². The molecule has 0 saturated heterocycles. The predicted molar refractivity (Wildman–Crippen MR) is 83.1 cm³/mol. The Kier molecular flexibility index (Phi) is 9.44. The highest BCUT2D eigenvalue weighted by molar-refractivity contribution is 7.80. The monoisotopic (exact) mass is 259 g/mol. The molecule has 2 heteroatoms. The average Bonchev–Trinajstić information content (AvgIpc) is 2.40. The Morgan fingerprint density at radius 1 is 1.00 bits per heavy atom. The van der Waals surface area contributed by atoms with E-state index in [4.69, 9.17) is 0 Å². The van der Waals surface area contributed by atoms with E-state index in [1.807, 2.05) is 0 Å². The van der Waals surface area contributed by atoms with Crippen molar-refractivity contribution in [3.63, 3.8) is 0 Å². The second kappa shape index (κ2) is 9.27. The molecular weight excluding hydrogens is 226 g/mol. The van der Waals surface area contributed by atoms with Crippen LogP contribution in [0.1, 0.15) is 60.3 Å². The maximum Gasteiger partial charge on any atom is 0.00456 e. The van der Waals surface area contributed by atoms with Crippen molar-refractivity contribution in [1.29, 1.82) is 0 Å². The smallest absolute Gasteiger partial charge is 0.00456 e. The first-order valence-corrected chi connectivity index (χ1v) is 8.07.